The van der Waals surface area contributed by atoms with Crippen molar-refractivity contribution in [2.24, 2.45) is 7.05 Å². The summed E-state index contributed by atoms with van der Waals surface area (Å²) < 4.78 is 90.2. The Balaban J connectivity index is 1.56. The molecule has 172 valence electrons. The predicted octanol–water partition coefficient (Wildman–Crippen LogP) is 1.02. The molecule has 0 aliphatic carbocycles. The number of hydrogen-bond donors (Lipinski definition) is 2. The Morgan fingerprint density at radius 3 is 2.32 bits per heavy atom. The number of hydrogen-bond acceptors (Lipinski definition) is 7. The second-order valence-corrected chi connectivity index (χ2v) is 10.6. The summed E-state index contributed by atoms with van der Waals surface area (Å²) in [5.74, 6) is 0.440. The van der Waals surface area contributed by atoms with Crippen LogP contribution in [0.3, 0.4) is 0 Å². The van der Waals surface area contributed by atoms with Crippen LogP contribution in [-0.4, -0.2) is 60.5 Å². The zero-order chi connectivity index (χ0) is 22.9. The minimum absolute atomic E-state index is 0.0777. The van der Waals surface area contributed by atoms with Crippen LogP contribution < -0.4 is 10.0 Å². The molecular weight excluding hydrogens is 461 g/mol. The highest BCUT2D eigenvalue weighted by Crippen LogP contribution is 2.29. The monoisotopic (exact) mass is 482 g/mol. The van der Waals surface area contributed by atoms with Gasteiger partial charge in [0.2, 0.25) is 10.0 Å². The Morgan fingerprint density at radius 2 is 1.81 bits per heavy atom. The molecule has 1 aliphatic heterocycles. The van der Waals surface area contributed by atoms with Crippen LogP contribution >= 0.6 is 0 Å². The van der Waals surface area contributed by atoms with Crippen LogP contribution in [0.25, 0.3) is 0 Å². The van der Waals surface area contributed by atoms with E-state index in [0.29, 0.717) is 16.7 Å². The molecule has 0 unspecified atom stereocenters. The third-order valence-corrected chi connectivity index (χ3v) is 7.81. The van der Waals surface area contributed by atoms with Crippen LogP contribution in [-0.2, 0) is 33.6 Å². The molecule has 31 heavy (non-hydrogen) atoms. The van der Waals surface area contributed by atoms with Crippen molar-refractivity contribution < 1.29 is 30.0 Å². The van der Waals surface area contributed by atoms with E-state index in [0.717, 1.165) is 11.9 Å². The number of anilines is 1. The topological polar surface area (TPSA) is 126 Å². The fraction of sp³-hybridized carbons (Fsp3) is 0.500. The lowest BCUT2D eigenvalue weighted by atomic mass is 10.1. The number of pyridine rings is 1. The fourth-order valence-corrected chi connectivity index (χ4v) is 5.26. The molecule has 1 aliphatic rings. The van der Waals surface area contributed by atoms with Crippen LogP contribution in [0.5, 0.6) is 0 Å². The molecule has 1 saturated heterocycles. The summed E-state index contributed by atoms with van der Waals surface area (Å²) in [6.45, 7) is -0.453. The first kappa shape index (κ1) is 23.4. The number of nitrogens with zero attached hydrogens (tertiary/aromatic N) is 4. The zero-order valence-electron chi connectivity index (χ0n) is 16.4. The molecule has 0 spiro atoms. The van der Waals surface area contributed by atoms with Gasteiger partial charge < -0.3 is 5.32 Å². The molecule has 0 amide bonds. The molecule has 0 radical (unpaired) electrons. The summed E-state index contributed by atoms with van der Waals surface area (Å²) in [6, 6.07) is 3.96. The lowest BCUT2D eigenvalue weighted by molar-refractivity contribution is -0.0494. The van der Waals surface area contributed by atoms with Gasteiger partial charge in [0.25, 0.3) is 0 Å². The summed E-state index contributed by atoms with van der Waals surface area (Å²) in [5.41, 5.74) is -4.60. The van der Waals surface area contributed by atoms with E-state index in [4.69, 9.17) is 0 Å². The molecule has 2 aromatic heterocycles. The average Bonchev–Trinajstić information content (AvgIpc) is 3.11. The Kier molecular flexibility index (Phi) is 6.59. The molecule has 0 atom stereocenters. The van der Waals surface area contributed by atoms with E-state index in [1.165, 1.54) is 12.1 Å². The number of nitrogens with one attached hydrogen (secondary N) is 2. The first-order valence-corrected chi connectivity index (χ1v) is 12.1. The van der Waals surface area contributed by atoms with Crippen LogP contribution in [0.2, 0.25) is 0 Å². The van der Waals surface area contributed by atoms with E-state index in [1.54, 1.807) is 17.9 Å². The van der Waals surface area contributed by atoms with Crippen molar-refractivity contribution in [1.29, 1.82) is 0 Å². The van der Waals surface area contributed by atoms with Crippen LogP contribution in [0.15, 0.2) is 35.5 Å². The minimum Gasteiger partial charge on any atom is -0.364 e. The third kappa shape index (κ3) is 5.53. The maximum absolute atomic E-state index is 12.6. The molecule has 3 heterocycles. The van der Waals surface area contributed by atoms with Crippen molar-refractivity contribution in [3.63, 3.8) is 0 Å². The van der Waals surface area contributed by atoms with E-state index < -0.39 is 44.7 Å². The zero-order valence-corrected chi connectivity index (χ0v) is 18.0. The van der Waals surface area contributed by atoms with E-state index in [-0.39, 0.29) is 17.7 Å². The second-order valence-electron chi connectivity index (χ2n) is 6.96. The first-order chi connectivity index (χ1) is 14.4. The highest BCUT2D eigenvalue weighted by Gasteiger charge is 2.50. The molecule has 0 aromatic carbocycles. The lowest BCUT2D eigenvalue weighted by Crippen LogP contribution is -2.49. The molecule has 2 N–H and O–H groups in total. The molecule has 10 nitrogen and oxygen atoms in total. The van der Waals surface area contributed by atoms with Crippen LogP contribution in [0.1, 0.15) is 18.5 Å². The van der Waals surface area contributed by atoms with Gasteiger partial charge in [-0.3, -0.25) is 4.68 Å². The van der Waals surface area contributed by atoms with Crippen molar-refractivity contribution >= 4 is 25.9 Å². The Morgan fingerprint density at radius 1 is 1.13 bits per heavy atom. The number of sulfonamides is 2. The number of aryl methyl sites for hydroxylation is 1. The Bertz CT molecular complexity index is 1110. The Labute approximate surface area is 177 Å². The van der Waals surface area contributed by atoms with Gasteiger partial charge in [0.1, 0.15) is 10.7 Å². The summed E-state index contributed by atoms with van der Waals surface area (Å²) in [5, 5.41) is 7.21. The maximum atomic E-state index is 12.6. The number of rotatable bonds is 7. The van der Waals surface area contributed by atoms with Crippen LogP contribution in [0, 0.1) is 0 Å². The third-order valence-electron chi connectivity index (χ3n) is 4.67. The quantitative estimate of drug-likeness (QED) is 0.603. The second kappa shape index (κ2) is 8.72. The fourth-order valence-electron chi connectivity index (χ4n) is 3.03. The van der Waals surface area contributed by atoms with E-state index in [2.05, 4.69) is 20.1 Å². The van der Waals surface area contributed by atoms with Gasteiger partial charge in [-0.15, -0.1) is 0 Å². The van der Waals surface area contributed by atoms with Gasteiger partial charge in [-0.2, -0.15) is 22.6 Å². The van der Waals surface area contributed by atoms with Crippen molar-refractivity contribution in [3.8, 4) is 0 Å². The molecule has 2 aromatic rings. The van der Waals surface area contributed by atoms with Crippen molar-refractivity contribution in [3.05, 3.63) is 36.3 Å². The van der Waals surface area contributed by atoms with Crippen molar-refractivity contribution in [2.75, 3.05) is 18.4 Å². The van der Waals surface area contributed by atoms with Gasteiger partial charge in [-0.1, -0.05) is 0 Å². The number of piperidine rings is 1. The van der Waals surface area contributed by atoms with Gasteiger partial charge >= 0.3 is 15.5 Å². The van der Waals surface area contributed by atoms with Gasteiger partial charge in [-0.05, 0) is 31.0 Å². The summed E-state index contributed by atoms with van der Waals surface area (Å²) in [4.78, 5) is 3.94. The predicted molar refractivity (Wildman–Crippen MR) is 105 cm³/mol. The molecule has 3 rings (SSSR count). The molecular formula is C16H21F3N6O4S2. The maximum Gasteiger partial charge on any atom is 0.511 e. The molecule has 15 heteroatoms. The number of alkyl halides is 3. The average molecular weight is 483 g/mol. The normalized spacial score (nSPS) is 17.0. The van der Waals surface area contributed by atoms with E-state index in [9.17, 15) is 30.0 Å². The molecule has 0 bridgehead atoms. The van der Waals surface area contributed by atoms with Crippen LogP contribution in [0.4, 0.5) is 19.0 Å². The Hall–Kier alpha value is -2.23. The van der Waals surface area contributed by atoms with Gasteiger partial charge in [0, 0.05) is 38.6 Å². The van der Waals surface area contributed by atoms with Crippen molar-refractivity contribution in [2.45, 2.75) is 35.8 Å². The highest BCUT2D eigenvalue weighted by molar-refractivity contribution is 7.90. The van der Waals surface area contributed by atoms with Crippen molar-refractivity contribution in [1.82, 2.24) is 23.8 Å². The largest absolute Gasteiger partial charge is 0.511 e. The summed E-state index contributed by atoms with van der Waals surface area (Å²) in [6.07, 6.45) is 2.79. The standard InChI is InChI=1S/C16H21F3N6O4S2/c1-24-7-4-13(22-24)10-20-15-3-2-14(11-21-15)30(26,27)23-12-5-8-25(9-6-12)31(28,29)16(17,18)19/h2-4,7,11-12,23H,5-6,8-10H2,1H3,(H,20,21). The molecule has 1 fully saturated rings. The minimum atomic E-state index is -5.41. The lowest BCUT2D eigenvalue weighted by Gasteiger charge is -2.31. The number of halogens is 3. The van der Waals surface area contributed by atoms with E-state index in [1.807, 2.05) is 6.07 Å². The number of aromatic nitrogens is 3. The first-order valence-electron chi connectivity index (χ1n) is 9.16. The van der Waals surface area contributed by atoms with Gasteiger partial charge in [0.05, 0.1) is 12.2 Å². The summed E-state index contributed by atoms with van der Waals surface area (Å²) in [7, 11) is -7.60. The smallest absolute Gasteiger partial charge is 0.364 e. The van der Waals surface area contributed by atoms with Gasteiger partial charge in [-0.25, -0.2) is 26.5 Å². The molecule has 0 saturated carbocycles. The van der Waals surface area contributed by atoms with Gasteiger partial charge in [0.15, 0.2) is 0 Å². The highest BCUT2D eigenvalue weighted by atomic mass is 32.2. The van der Waals surface area contributed by atoms with E-state index >= 15 is 0 Å². The SMILES string of the molecule is Cn1ccc(CNc2ccc(S(=O)(=O)NC3CCN(S(=O)(=O)C(F)(F)F)CC3)cn2)n1. The summed E-state index contributed by atoms with van der Waals surface area (Å²) >= 11 is 0.